The molecule has 0 aliphatic heterocycles. The molecule has 0 aromatic heterocycles. The Morgan fingerprint density at radius 1 is 0.239 bits per heavy atom. The van der Waals surface area contributed by atoms with Gasteiger partial charge in [0.25, 0.3) is 0 Å². The highest BCUT2D eigenvalue weighted by Crippen LogP contribution is 2.62. The maximum atomic E-state index is 16.8. The van der Waals surface area contributed by atoms with Crippen LogP contribution >= 0.6 is 0 Å². The molecule has 0 heterocycles. The van der Waals surface area contributed by atoms with E-state index < -0.39 is 10.8 Å². The summed E-state index contributed by atoms with van der Waals surface area (Å²) in [5.74, 6) is -0.649. The van der Waals surface area contributed by atoms with E-state index in [1.807, 2.05) is 24.3 Å². The summed E-state index contributed by atoms with van der Waals surface area (Å²) in [6.45, 7) is 9.34. The van der Waals surface area contributed by atoms with E-state index in [0.717, 1.165) is 145 Å². The third-order valence-electron chi connectivity index (χ3n) is 18.9. The van der Waals surface area contributed by atoms with E-state index in [0.29, 0.717) is 0 Å². The number of benzene rings is 14. The minimum absolute atomic E-state index is 0.324. The van der Waals surface area contributed by atoms with Crippen molar-refractivity contribution in [3.8, 4) is 66.8 Å². The van der Waals surface area contributed by atoms with Gasteiger partial charge in [-0.15, -0.1) is 0 Å². The van der Waals surface area contributed by atoms with E-state index in [1.165, 1.54) is 10.8 Å². The SMILES string of the molecule is CC1(C)c2cc(N(c3ccccc3)c3ccc4ccccc4c3)ccc2-c2c1cc1c(-c3cc(F)ccc3-c3ccccc3)c3c(cc1c2-c1cc(F)ccc1-c1ccccc1)C(C)(C)c1cc(N(c2ccccc2)c2ccc4ccccc4c2)ccc1-3. The van der Waals surface area contributed by atoms with Gasteiger partial charge in [-0.05, 0) is 231 Å². The van der Waals surface area contributed by atoms with Crippen molar-refractivity contribution < 1.29 is 8.78 Å². The molecule has 0 fully saturated rings. The fourth-order valence-corrected chi connectivity index (χ4v) is 14.6. The van der Waals surface area contributed by atoms with E-state index in [2.05, 4.69) is 280 Å². The van der Waals surface area contributed by atoms with Gasteiger partial charge in [0.05, 0.1) is 0 Å². The Kier molecular flexibility index (Phi) is 12.3. The van der Waals surface area contributed by atoms with Crippen LogP contribution < -0.4 is 9.80 Å². The van der Waals surface area contributed by atoms with E-state index in [1.54, 1.807) is 24.3 Å². The summed E-state index contributed by atoms with van der Waals surface area (Å²) in [6.07, 6.45) is 0. The summed E-state index contributed by atoms with van der Waals surface area (Å²) in [5.41, 5.74) is 21.2. The first-order chi connectivity index (χ1) is 43.0. The zero-order valence-corrected chi connectivity index (χ0v) is 49.4. The molecule has 0 amide bonds. The molecule has 0 saturated carbocycles. The Hall–Kier alpha value is -10.7. The molecule has 0 spiro atoms. The number of fused-ring (bicyclic) bond motifs is 9. The fourth-order valence-electron chi connectivity index (χ4n) is 14.6. The van der Waals surface area contributed by atoms with Gasteiger partial charge in [-0.1, -0.05) is 210 Å². The quantitative estimate of drug-likeness (QED) is 0.135. The molecule has 16 rings (SSSR count). The van der Waals surface area contributed by atoms with Crippen LogP contribution in [-0.2, 0) is 10.8 Å². The first-order valence-corrected chi connectivity index (χ1v) is 30.3. The van der Waals surface area contributed by atoms with Crippen molar-refractivity contribution >= 4 is 66.4 Å². The molecule has 2 nitrogen and oxygen atoms in total. The minimum Gasteiger partial charge on any atom is -0.310 e. The third-order valence-corrected chi connectivity index (χ3v) is 18.9. The predicted molar refractivity (Wildman–Crippen MR) is 365 cm³/mol. The van der Waals surface area contributed by atoms with Gasteiger partial charge in [0.15, 0.2) is 0 Å². The number of hydrogen-bond donors (Lipinski definition) is 0. The smallest absolute Gasteiger partial charge is 0.123 e. The average molecular weight is 1140 g/mol. The number of nitrogens with zero attached hydrogens (tertiary/aromatic N) is 2. The van der Waals surface area contributed by atoms with Crippen LogP contribution in [0.25, 0.3) is 99.1 Å². The maximum absolute atomic E-state index is 16.8. The molecule has 4 heteroatoms. The molecule has 88 heavy (non-hydrogen) atoms. The normalized spacial score (nSPS) is 13.3. The Morgan fingerprint density at radius 2 is 0.568 bits per heavy atom. The van der Waals surface area contributed by atoms with Gasteiger partial charge >= 0.3 is 0 Å². The molecule has 2 aliphatic carbocycles. The second kappa shape index (κ2) is 20.5. The first-order valence-electron chi connectivity index (χ1n) is 30.3. The molecule has 0 N–H and O–H groups in total. The van der Waals surface area contributed by atoms with E-state index in [9.17, 15) is 0 Å². The van der Waals surface area contributed by atoms with Crippen molar-refractivity contribution in [2.75, 3.05) is 9.80 Å². The van der Waals surface area contributed by atoms with Crippen molar-refractivity contribution in [3.05, 3.63) is 325 Å². The second-order valence-electron chi connectivity index (χ2n) is 24.7. The van der Waals surface area contributed by atoms with Gasteiger partial charge < -0.3 is 9.80 Å². The molecule has 0 radical (unpaired) electrons. The van der Waals surface area contributed by atoms with Gasteiger partial charge in [-0.25, -0.2) is 8.78 Å². The van der Waals surface area contributed by atoms with Crippen LogP contribution in [0.5, 0.6) is 0 Å². The van der Waals surface area contributed by atoms with Crippen molar-refractivity contribution in [3.63, 3.8) is 0 Å². The summed E-state index contributed by atoms with van der Waals surface area (Å²) in [5, 5.41) is 6.62. The van der Waals surface area contributed by atoms with Gasteiger partial charge in [0.1, 0.15) is 11.6 Å². The molecule has 0 bridgehead atoms. The van der Waals surface area contributed by atoms with Crippen LogP contribution in [0.1, 0.15) is 49.9 Å². The Balaban J connectivity index is 1.00. The molecule has 14 aromatic rings. The van der Waals surface area contributed by atoms with Crippen molar-refractivity contribution in [2.45, 2.75) is 38.5 Å². The highest BCUT2D eigenvalue weighted by Gasteiger charge is 2.43. The van der Waals surface area contributed by atoms with Crippen LogP contribution in [0.15, 0.2) is 291 Å². The van der Waals surface area contributed by atoms with Gasteiger partial charge in [-0.2, -0.15) is 0 Å². The second-order valence-corrected chi connectivity index (χ2v) is 24.7. The fraction of sp³-hybridized carbons (Fsp3) is 0.0714. The van der Waals surface area contributed by atoms with Crippen molar-refractivity contribution in [1.82, 2.24) is 0 Å². The zero-order valence-electron chi connectivity index (χ0n) is 49.4. The highest BCUT2D eigenvalue weighted by molar-refractivity contribution is 6.19. The van der Waals surface area contributed by atoms with E-state index >= 15 is 8.78 Å². The number of rotatable bonds is 10. The Bertz CT molecular complexity index is 4790. The molecule has 0 atom stereocenters. The third kappa shape index (κ3) is 8.49. The first kappa shape index (κ1) is 52.8. The largest absolute Gasteiger partial charge is 0.310 e. The number of anilines is 6. The topological polar surface area (TPSA) is 6.48 Å². The van der Waals surface area contributed by atoms with Crippen LogP contribution in [0, 0.1) is 11.6 Å². The minimum atomic E-state index is -0.591. The maximum Gasteiger partial charge on any atom is 0.123 e. The lowest BCUT2D eigenvalue weighted by molar-refractivity contribution is 0.628. The molecule has 14 aromatic carbocycles. The van der Waals surface area contributed by atoms with Gasteiger partial charge in [0, 0.05) is 45.0 Å². The molecule has 2 aliphatic rings. The monoisotopic (exact) mass is 1130 g/mol. The lowest BCUT2D eigenvalue weighted by atomic mass is 9.75. The molecule has 0 saturated heterocycles. The number of hydrogen-bond acceptors (Lipinski definition) is 2. The average Bonchev–Trinajstić information content (AvgIpc) is 1.50. The number of halogens is 2. The Labute approximate surface area is 512 Å². The van der Waals surface area contributed by atoms with Crippen LogP contribution in [-0.4, -0.2) is 0 Å². The lowest BCUT2D eigenvalue weighted by Gasteiger charge is -2.29. The van der Waals surface area contributed by atoms with Crippen LogP contribution in [0.2, 0.25) is 0 Å². The summed E-state index contributed by atoms with van der Waals surface area (Å²) in [7, 11) is 0. The standard InChI is InChI=1S/C84H60F2N2/c1-83(2)75-49-65(87(61-29-13-7-14-30-61)63-37-33-53-21-17-19-27-57(53)45-63)39-43-69(75)81-77(83)51-73-74(79(81)71-47-59(85)35-41-67(71)55-23-9-5-10-24-55)52-78-82(80(73)72-48-60(86)36-42-68(72)56-25-11-6-12-26-56)70-44-40-66(50-76(70)84(78,3)4)88(62-31-15-8-16-32-62)64-38-34-54-22-18-20-28-58(54)46-64/h5-52H,1-4H3. The van der Waals surface area contributed by atoms with E-state index in [4.69, 9.17) is 0 Å². The van der Waals surface area contributed by atoms with Crippen molar-refractivity contribution in [1.29, 1.82) is 0 Å². The summed E-state index contributed by atoms with van der Waals surface area (Å²) >= 11 is 0. The van der Waals surface area contributed by atoms with Crippen LogP contribution in [0.3, 0.4) is 0 Å². The summed E-state index contributed by atoms with van der Waals surface area (Å²) in [4.78, 5) is 4.71. The summed E-state index contributed by atoms with van der Waals surface area (Å²) < 4.78 is 33.7. The van der Waals surface area contributed by atoms with Gasteiger partial charge in [0.2, 0.25) is 0 Å². The van der Waals surface area contributed by atoms with Crippen molar-refractivity contribution in [2.24, 2.45) is 0 Å². The summed E-state index contributed by atoms with van der Waals surface area (Å²) in [6, 6.07) is 102. The molecule has 0 unspecified atom stereocenters. The predicted octanol–water partition coefficient (Wildman–Crippen LogP) is 23.6. The molecular weight excluding hydrogens is 1070 g/mol. The Morgan fingerprint density at radius 3 is 0.966 bits per heavy atom. The number of para-hydroxylation sites is 2. The van der Waals surface area contributed by atoms with Crippen LogP contribution in [0.4, 0.5) is 42.9 Å². The molecular formula is C84H60F2N2. The highest BCUT2D eigenvalue weighted by atomic mass is 19.1. The molecule has 420 valence electrons. The zero-order chi connectivity index (χ0) is 59.4. The van der Waals surface area contributed by atoms with E-state index in [-0.39, 0.29) is 11.6 Å². The van der Waals surface area contributed by atoms with Gasteiger partial charge in [-0.3, -0.25) is 0 Å². The lowest BCUT2D eigenvalue weighted by Crippen LogP contribution is -2.17.